The van der Waals surface area contributed by atoms with Crippen LogP contribution in [0, 0.1) is 12.7 Å². The topological polar surface area (TPSA) is 43.3 Å². The Balaban J connectivity index is 2.53. The molecule has 0 aliphatic heterocycles. The Morgan fingerprint density at radius 1 is 1.53 bits per heavy atom. The van der Waals surface area contributed by atoms with Crippen molar-refractivity contribution in [1.82, 2.24) is 9.38 Å². The molecular weight excluding hydrogens is 193 g/mol. The largest absolute Gasteiger partial charge is 0.330 e. The summed E-state index contributed by atoms with van der Waals surface area (Å²) >= 11 is 0. The predicted octanol–water partition coefficient (Wildman–Crippen LogP) is 1.67. The molecule has 0 unspecified atom stereocenters. The fourth-order valence-electron chi connectivity index (χ4n) is 1.77. The summed E-state index contributed by atoms with van der Waals surface area (Å²) in [5.41, 5.74) is 7.80. The van der Waals surface area contributed by atoms with E-state index in [2.05, 4.69) is 4.98 Å². The van der Waals surface area contributed by atoms with Gasteiger partial charge in [-0.1, -0.05) is 0 Å². The van der Waals surface area contributed by atoms with Gasteiger partial charge in [0.1, 0.15) is 0 Å². The average molecular weight is 207 g/mol. The summed E-state index contributed by atoms with van der Waals surface area (Å²) in [4.78, 5) is 4.21. The molecule has 0 amide bonds. The van der Waals surface area contributed by atoms with Gasteiger partial charge in [-0.25, -0.2) is 9.37 Å². The van der Waals surface area contributed by atoms with Gasteiger partial charge in [0.2, 0.25) is 0 Å². The van der Waals surface area contributed by atoms with Crippen LogP contribution in [0.3, 0.4) is 0 Å². The van der Waals surface area contributed by atoms with E-state index in [9.17, 15) is 4.39 Å². The maximum atomic E-state index is 13.4. The number of rotatable bonds is 3. The summed E-state index contributed by atoms with van der Waals surface area (Å²) in [6.45, 7) is 2.54. The number of imidazole rings is 1. The Morgan fingerprint density at radius 3 is 3.07 bits per heavy atom. The van der Waals surface area contributed by atoms with Crippen molar-refractivity contribution in [1.29, 1.82) is 0 Å². The van der Waals surface area contributed by atoms with E-state index in [-0.39, 0.29) is 5.82 Å². The number of nitrogens with two attached hydrogens (primary N) is 1. The zero-order valence-corrected chi connectivity index (χ0v) is 8.70. The van der Waals surface area contributed by atoms with Crippen LogP contribution in [0.5, 0.6) is 0 Å². The first-order chi connectivity index (χ1) is 7.24. The number of aryl methyl sites for hydroxylation is 2. The standard InChI is InChI=1S/C11H14FN3/c1-8-10(5-2-6-13)15-7-3-4-9(12)11(15)14-8/h3-4,7H,2,5-6,13H2,1H3. The van der Waals surface area contributed by atoms with E-state index in [0.717, 1.165) is 24.2 Å². The molecule has 0 bridgehead atoms. The smallest absolute Gasteiger partial charge is 0.173 e. The van der Waals surface area contributed by atoms with Crippen molar-refractivity contribution in [3.63, 3.8) is 0 Å². The second-order valence-corrected chi connectivity index (χ2v) is 3.59. The Morgan fingerprint density at radius 2 is 2.33 bits per heavy atom. The third kappa shape index (κ3) is 1.72. The fraction of sp³-hybridized carbons (Fsp3) is 0.364. The van der Waals surface area contributed by atoms with Crippen LogP contribution in [0.15, 0.2) is 18.3 Å². The van der Waals surface area contributed by atoms with Gasteiger partial charge in [-0.3, -0.25) is 0 Å². The normalized spacial score (nSPS) is 11.1. The fourth-order valence-corrected chi connectivity index (χ4v) is 1.77. The number of pyridine rings is 1. The lowest BCUT2D eigenvalue weighted by atomic mass is 10.2. The molecule has 0 spiro atoms. The number of hydrogen-bond acceptors (Lipinski definition) is 2. The van der Waals surface area contributed by atoms with E-state index in [4.69, 9.17) is 5.73 Å². The molecule has 0 saturated carbocycles. The van der Waals surface area contributed by atoms with Crippen LogP contribution in [0.2, 0.25) is 0 Å². The second-order valence-electron chi connectivity index (χ2n) is 3.59. The predicted molar refractivity (Wildman–Crippen MR) is 57.3 cm³/mol. The molecule has 2 N–H and O–H groups in total. The van der Waals surface area contributed by atoms with Crippen molar-refractivity contribution >= 4 is 5.65 Å². The zero-order chi connectivity index (χ0) is 10.8. The first-order valence-electron chi connectivity index (χ1n) is 5.06. The van der Waals surface area contributed by atoms with E-state index in [1.807, 2.05) is 13.1 Å². The first kappa shape index (κ1) is 10.1. The minimum Gasteiger partial charge on any atom is -0.330 e. The van der Waals surface area contributed by atoms with E-state index in [1.165, 1.54) is 6.07 Å². The number of halogens is 1. The minimum atomic E-state index is -0.278. The molecule has 0 atom stereocenters. The molecule has 2 rings (SSSR count). The maximum absolute atomic E-state index is 13.4. The van der Waals surface area contributed by atoms with Crippen molar-refractivity contribution in [3.8, 4) is 0 Å². The highest BCUT2D eigenvalue weighted by molar-refractivity contribution is 5.44. The van der Waals surface area contributed by atoms with Gasteiger partial charge in [0.25, 0.3) is 0 Å². The lowest BCUT2D eigenvalue weighted by Crippen LogP contribution is -2.03. The molecule has 2 aromatic heterocycles. The third-order valence-electron chi connectivity index (χ3n) is 2.52. The van der Waals surface area contributed by atoms with Crippen LogP contribution < -0.4 is 5.73 Å². The van der Waals surface area contributed by atoms with Crippen LogP contribution in [-0.2, 0) is 6.42 Å². The van der Waals surface area contributed by atoms with Gasteiger partial charge < -0.3 is 10.1 Å². The van der Waals surface area contributed by atoms with Gasteiger partial charge in [0, 0.05) is 11.9 Å². The Labute approximate surface area is 87.7 Å². The van der Waals surface area contributed by atoms with E-state index >= 15 is 0 Å². The summed E-state index contributed by atoms with van der Waals surface area (Å²) in [7, 11) is 0. The van der Waals surface area contributed by atoms with Crippen molar-refractivity contribution in [2.24, 2.45) is 5.73 Å². The van der Waals surface area contributed by atoms with Crippen molar-refractivity contribution in [2.45, 2.75) is 19.8 Å². The maximum Gasteiger partial charge on any atom is 0.173 e. The van der Waals surface area contributed by atoms with Gasteiger partial charge in [-0.2, -0.15) is 0 Å². The van der Waals surface area contributed by atoms with E-state index < -0.39 is 0 Å². The molecule has 15 heavy (non-hydrogen) atoms. The molecular formula is C11H14FN3. The molecule has 2 heterocycles. The van der Waals surface area contributed by atoms with Crippen molar-refractivity contribution < 1.29 is 4.39 Å². The Hall–Kier alpha value is -1.42. The van der Waals surface area contributed by atoms with Gasteiger partial charge in [0.15, 0.2) is 11.5 Å². The molecule has 0 aliphatic rings. The number of aromatic nitrogens is 2. The van der Waals surface area contributed by atoms with Gasteiger partial charge >= 0.3 is 0 Å². The van der Waals surface area contributed by atoms with Gasteiger partial charge in [0.05, 0.1) is 5.69 Å². The highest BCUT2D eigenvalue weighted by Gasteiger charge is 2.10. The summed E-state index contributed by atoms with van der Waals surface area (Å²) in [5.74, 6) is -0.278. The summed E-state index contributed by atoms with van der Waals surface area (Å²) in [6, 6.07) is 3.11. The zero-order valence-electron chi connectivity index (χ0n) is 8.70. The molecule has 4 heteroatoms. The first-order valence-corrected chi connectivity index (χ1v) is 5.06. The number of fused-ring (bicyclic) bond motifs is 1. The SMILES string of the molecule is Cc1nc2c(F)cccn2c1CCCN. The second kappa shape index (κ2) is 3.98. The highest BCUT2D eigenvalue weighted by atomic mass is 19.1. The van der Waals surface area contributed by atoms with Crippen LogP contribution in [-0.4, -0.2) is 15.9 Å². The highest BCUT2D eigenvalue weighted by Crippen LogP contribution is 2.15. The van der Waals surface area contributed by atoms with Crippen LogP contribution in [0.1, 0.15) is 17.8 Å². The molecule has 0 fully saturated rings. The monoisotopic (exact) mass is 207 g/mol. The molecule has 0 aromatic carbocycles. The Kier molecular flexibility index (Phi) is 2.68. The lowest BCUT2D eigenvalue weighted by Gasteiger charge is -2.01. The molecule has 0 saturated heterocycles. The van der Waals surface area contributed by atoms with Crippen LogP contribution in [0.25, 0.3) is 5.65 Å². The van der Waals surface area contributed by atoms with Crippen LogP contribution in [0.4, 0.5) is 4.39 Å². The molecule has 2 aromatic rings. The van der Waals surface area contributed by atoms with Crippen LogP contribution >= 0.6 is 0 Å². The van der Waals surface area contributed by atoms with Gasteiger partial charge in [-0.15, -0.1) is 0 Å². The van der Waals surface area contributed by atoms with E-state index in [1.54, 1.807) is 10.5 Å². The average Bonchev–Trinajstić information content (AvgIpc) is 2.54. The molecule has 0 radical (unpaired) electrons. The quantitative estimate of drug-likeness (QED) is 0.832. The number of nitrogens with zero attached hydrogens (tertiary/aromatic N) is 2. The molecule has 80 valence electrons. The summed E-state index contributed by atoms with van der Waals surface area (Å²) in [5, 5.41) is 0. The minimum absolute atomic E-state index is 0.278. The Bertz CT molecular complexity index is 476. The molecule has 3 nitrogen and oxygen atoms in total. The van der Waals surface area contributed by atoms with Crippen molar-refractivity contribution in [3.05, 3.63) is 35.5 Å². The lowest BCUT2D eigenvalue weighted by molar-refractivity contribution is 0.629. The third-order valence-corrected chi connectivity index (χ3v) is 2.52. The summed E-state index contributed by atoms with van der Waals surface area (Å²) < 4.78 is 15.2. The summed E-state index contributed by atoms with van der Waals surface area (Å²) in [6.07, 6.45) is 3.57. The van der Waals surface area contributed by atoms with Crippen molar-refractivity contribution in [2.75, 3.05) is 6.54 Å². The van der Waals surface area contributed by atoms with E-state index in [0.29, 0.717) is 12.2 Å². The number of hydrogen-bond donors (Lipinski definition) is 1. The van der Waals surface area contributed by atoms with Gasteiger partial charge in [-0.05, 0) is 38.4 Å². The molecule has 0 aliphatic carbocycles.